The average molecular weight is 214 g/mol. The lowest BCUT2D eigenvalue weighted by molar-refractivity contribution is -0.0146. The van der Waals surface area contributed by atoms with Crippen LogP contribution in [-0.2, 0) is 4.74 Å². The van der Waals surface area contributed by atoms with Gasteiger partial charge in [0.15, 0.2) is 0 Å². The zero-order chi connectivity index (χ0) is 11.3. The van der Waals surface area contributed by atoms with Crippen LogP contribution in [0.3, 0.4) is 0 Å². The molecular weight excluding hydrogens is 188 g/mol. The predicted octanol–water partition coefficient (Wildman–Crippen LogP) is 2.21. The molecule has 2 unspecified atom stereocenters. The first-order valence-electron chi connectivity index (χ1n) is 6.18. The highest BCUT2D eigenvalue weighted by Gasteiger charge is 2.37. The van der Waals surface area contributed by atoms with Gasteiger partial charge in [0.25, 0.3) is 0 Å². The van der Waals surface area contributed by atoms with Gasteiger partial charge in [0.1, 0.15) is 0 Å². The van der Waals surface area contributed by atoms with Crippen LogP contribution in [0.15, 0.2) is 0 Å². The van der Waals surface area contributed by atoms with Crippen LogP contribution in [0.25, 0.3) is 0 Å². The second kappa shape index (κ2) is 5.83. The minimum Gasteiger partial charge on any atom is -0.374 e. The summed E-state index contributed by atoms with van der Waals surface area (Å²) in [5.41, 5.74) is 2.90. The average Bonchev–Trinajstić information content (AvgIpc) is 2.60. The largest absolute Gasteiger partial charge is 0.374 e. The summed E-state index contributed by atoms with van der Waals surface area (Å²) in [4.78, 5) is 0. The van der Waals surface area contributed by atoms with E-state index in [-0.39, 0.29) is 5.60 Å². The summed E-state index contributed by atoms with van der Waals surface area (Å²) in [6.07, 6.45) is 5.91. The molecule has 0 spiro atoms. The van der Waals surface area contributed by atoms with Crippen molar-refractivity contribution in [2.24, 2.45) is 11.8 Å². The molecule has 1 saturated heterocycles. The molecule has 0 aromatic carbocycles. The summed E-state index contributed by atoms with van der Waals surface area (Å²) >= 11 is 0. The van der Waals surface area contributed by atoms with Crippen molar-refractivity contribution in [1.82, 2.24) is 5.43 Å². The lowest BCUT2D eigenvalue weighted by Gasteiger charge is -2.33. The topological polar surface area (TPSA) is 47.3 Å². The Bertz CT molecular complexity index is 176. The molecule has 1 fully saturated rings. The van der Waals surface area contributed by atoms with E-state index in [0.29, 0.717) is 6.04 Å². The van der Waals surface area contributed by atoms with Gasteiger partial charge in [-0.25, -0.2) is 0 Å². The van der Waals surface area contributed by atoms with E-state index in [1.807, 2.05) is 0 Å². The first kappa shape index (κ1) is 12.9. The summed E-state index contributed by atoms with van der Waals surface area (Å²) < 4.78 is 5.81. The molecule has 15 heavy (non-hydrogen) atoms. The summed E-state index contributed by atoms with van der Waals surface area (Å²) in [6, 6.07) is 0.304. The molecule has 0 amide bonds. The highest BCUT2D eigenvalue weighted by Crippen LogP contribution is 2.30. The fraction of sp³-hybridized carbons (Fsp3) is 1.00. The predicted molar refractivity (Wildman–Crippen MR) is 63.4 cm³/mol. The van der Waals surface area contributed by atoms with Crippen molar-refractivity contribution in [1.29, 1.82) is 0 Å². The maximum Gasteiger partial charge on any atom is 0.0821 e. The van der Waals surface area contributed by atoms with Gasteiger partial charge in [0.05, 0.1) is 5.60 Å². The van der Waals surface area contributed by atoms with Gasteiger partial charge in [-0.05, 0) is 32.1 Å². The fourth-order valence-corrected chi connectivity index (χ4v) is 2.37. The van der Waals surface area contributed by atoms with E-state index in [1.165, 1.54) is 19.3 Å². The number of nitrogens with two attached hydrogens (primary N) is 1. The molecule has 3 N–H and O–H groups in total. The highest BCUT2D eigenvalue weighted by molar-refractivity contribution is 4.91. The van der Waals surface area contributed by atoms with E-state index in [2.05, 4.69) is 26.2 Å². The molecule has 2 atom stereocenters. The van der Waals surface area contributed by atoms with Crippen molar-refractivity contribution >= 4 is 0 Å². The molecule has 90 valence electrons. The number of rotatable bonds is 6. The summed E-state index contributed by atoms with van der Waals surface area (Å²) in [6.45, 7) is 7.59. The minimum absolute atomic E-state index is 0.0360. The molecule has 0 bridgehead atoms. The normalized spacial score (nSPS) is 28.6. The van der Waals surface area contributed by atoms with E-state index in [0.717, 1.165) is 25.4 Å². The van der Waals surface area contributed by atoms with Crippen LogP contribution >= 0.6 is 0 Å². The van der Waals surface area contributed by atoms with Gasteiger partial charge in [0, 0.05) is 12.6 Å². The Hall–Kier alpha value is -0.120. The third-order valence-corrected chi connectivity index (χ3v) is 3.46. The zero-order valence-electron chi connectivity index (χ0n) is 10.4. The van der Waals surface area contributed by atoms with Gasteiger partial charge in [0.2, 0.25) is 0 Å². The summed E-state index contributed by atoms with van der Waals surface area (Å²) in [5, 5.41) is 0. The van der Waals surface area contributed by atoms with Crippen LogP contribution in [0, 0.1) is 5.92 Å². The van der Waals surface area contributed by atoms with Crippen molar-refractivity contribution in [2.45, 2.75) is 64.5 Å². The van der Waals surface area contributed by atoms with Crippen molar-refractivity contribution in [3.8, 4) is 0 Å². The first-order valence-corrected chi connectivity index (χ1v) is 6.18. The molecule has 3 heteroatoms. The number of ether oxygens (including phenoxy) is 1. The van der Waals surface area contributed by atoms with E-state index in [1.54, 1.807) is 0 Å². The molecule has 1 rings (SSSR count). The fourth-order valence-electron chi connectivity index (χ4n) is 2.37. The lowest BCUT2D eigenvalue weighted by atomic mass is 9.89. The first-order chi connectivity index (χ1) is 7.08. The highest BCUT2D eigenvalue weighted by atomic mass is 16.5. The molecule has 3 nitrogen and oxygen atoms in total. The molecule has 0 radical (unpaired) electrons. The van der Waals surface area contributed by atoms with Crippen molar-refractivity contribution < 1.29 is 4.74 Å². The molecule has 0 aliphatic carbocycles. The van der Waals surface area contributed by atoms with Gasteiger partial charge < -0.3 is 4.74 Å². The number of hydrogen-bond donors (Lipinski definition) is 2. The molecule has 1 aliphatic rings. The molecule has 0 aromatic heterocycles. The van der Waals surface area contributed by atoms with Crippen molar-refractivity contribution in [3.63, 3.8) is 0 Å². The Morgan fingerprint density at radius 1 is 1.40 bits per heavy atom. The second-order valence-electron chi connectivity index (χ2n) is 5.31. The van der Waals surface area contributed by atoms with E-state index in [9.17, 15) is 0 Å². The van der Waals surface area contributed by atoms with Crippen LogP contribution in [0.5, 0.6) is 0 Å². The van der Waals surface area contributed by atoms with Gasteiger partial charge in [-0.2, -0.15) is 0 Å². The number of hydrogen-bond acceptors (Lipinski definition) is 3. The summed E-state index contributed by atoms with van der Waals surface area (Å²) in [7, 11) is 0. The van der Waals surface area contributed by atoms with E-state index < -0.39 is 0 Å². The van der Waals surface area contributed by atoms with Gasteiger partial charge in [-0.1, -0.05) is 26.7 Å². The van der Waals surface area contributed by atoms with Crippen LogP contribution in [0.1, 0.15) is 52.9 Å². The Morgan fingerprint density at radius 2 is 2.13 bits per heavy atom. The van der Waals surface area contributed by atoms with Crippen molar-refractivity contribution in [2.75, 3.05) is 6.61 Å². The van der Waals surface area contributed by atoms with E-state index in [4.69, 9.17) is 10.6 Å². The van der Waals surface area contributed by atoms with Crippen LogP contribution < -0.4 is 11.3 Å². The third kappa shape index (κ3) is 3.74. The molecular formula is C12H26N2O. The van der Waals surface area contributed by atoms with Crippen LogP contribution in [-0.4, -0.2) is 18.2 Å². The van der Waals surface area contributed by atoms with Crippen LogP contribution in [0.2, 0.25) is 0 Å². The Morgan fingerprint density at radius 3 is 2.60 bits per heavy atom. The lowest BCUT2D eigenvalue weighted by Crippen LogP contribution is -2.51. The standard InChI is InChI=1S/C12H26N2O/c1-10(2)6-4-7-11(14-13)12(3)8-5-9-15-12/h10-11,14H,4-9,13H2,1-3H3. The Labute approximate surface area is 93.7 Å². The number of hydrazine groups is 1. The van der Waals surface area contributed by atoms with Gasteiger partial charge >= 0.3 is 0 Å². The Kier molecular flexibility index (Phi) is 5.03. The molecule has 0 aromatic rings. The monoisotopic (exact) mass is 214 g/mol. The van der Waals surface area contributed by atoms with Gasteiger partial charge in [-0.3, -0.25) is 11.3 Å². The maximum atomic E-state index is 5.81. The number of nitrogens with one attached hydrogen (secondary N) is 1. The molecule has 0 saturated carbocycles. The SMILES string of the molecule is CC(C)CCCC(NN)C1(C)CCCO1. The van der Waals surface area contributed by atoms with E-state index >= 15 is 0 Å². The summed E-state index contributed by atoms with van der Waals surface area (Å²) in [5.74, 6) is 6.40. The molecule has 1 heterocycles. The molecule has 1 aliphatic heterocycles. The minimum atomic E-state index is -0.0360. The quantitative estimate of drug-likeness (QED) is 0.526. The van der Waals surface area contributed by atoms with Gasteiger partial charge in [-0.15, -0.1) is 0 Å². The third-order valence-electron chi connectivity index (χ3n) is 3.46. The Balaban J connectivity index is 2.34. The maximum absolute atomic E-state index is 5.81. The van der Waals surface area contributed by atoms with Crippen LogP contribution in [0.4, 0.5) is 0 Å². The zero-order valence-corrected chi connectivity index (χ0v) is 10.4. The second-order valence-corrected chi connectivity index (χ2v) is 5.31. The van der Waals surface area contributed by atoms with Crippen molar-refractivity contribution in [3.05, 3.63) is 0 Å². The smallest absolute Gasteiger partial charge is 0.0821 e.